The molecule has 2 nitrogen and oxygen atoms in total. The maximum Gasteiger partial charge on any atom is 0.330 e. The summed E-state index contributed by atoms with van der Waals surface area (Å²) in [7, 11) is 0. The van der Waals surface area contributed by atoms with Crippen LogP contribution in [0.1, 0.15) is 25.7 Å². The molecule has 0 N–H and O–H groups in total. The second kappa shape index (κ2) is 4.85. The van der Waals surface area contributed by atoms with E-state index in [1.807, 2.05) is 6.08 Å². The molecule has 1 aliphatic carbocycles. The average molecular weight is 180 g/mol. The van der Waals surface area contributed by atoms with Crippen LogP contribution in [0, 0.1) is 5.92 Å². The molecule has 0 aromatic carbocycles. The van der Waals surface area contributed by atoms with E-state index in [2.05, 4.69) is 13.2 Å². The molecule has 0 spiro atoms. The van der Waals surface area contributed by atoms with Crippen LogP contribution < -0.4 is 0 Å². The Morgan fingerprint density at radius 3 is 2.77 bits per heavy atom. The molecule has 2 atom stereocenters. The van der Waals surface area contributed by atoms with E-state index in [0.717, 1.165) is 19.3 Å². The summed E-state index contributed by atoms with van der Waals surface area (Å²) in [4.78, 5) is 10.9. The number of carbonyl (C=O) groups is 1. The summed E-state index contributed by atoms with van der Waals surface area (Å²) in [6, 6.07) is 0. The van der Waals surface area contributed by atoms with Crippen molar-refractivity contribution in [3.63, 3.8) is 0 Å². The van der Waals surface area contributed by atoms with Crippen LogP contribution in [0.4, 0.5) is 0 Å². The standard InChI is InChI=1S/C11H16O2/c1-3-9-6-5-7-10(8-9)13-11(12)4-2/h3-4,9-10H,1-2,5-8H2. The van der Waals surface area contributed by atoms with Crippen LogP contribution in [0.25, 0.3) is 0 Å². The Morgan fingerprint density at radius 2 is 2.15 bits per heavy atom. The highest BCUT2D eigenvalue weighted by atomic mass is 16.5. The molecule has 0 bridgehead atoms. The van der Waals surface area contributed by atoms with Crippen molar-refractivity contribution in [2.75, 3.05) is 0 Å². The number of esters is 1. The first-order valence-corrected chi connectivity index (χ1v) is 4.72. The van der Waals surface area contributed by atoms with Gasteiger partial charge < -0.3 is 4.74 Å². The van der Waals surface area contributed by atoms with E-state index in [4.69, 9.17) is 4.74 Å². The van der Waals surface area contributed by atoms with Crippen molar-refractivity contribution in [1.82, 2.24) is 0 Å². The van der Waals surface area contributed by atoms with Gasteiger partial charge in [0.2, 0.25) is 0 Å². The first-order chi connectivity index (χ1) is 6.26. The largest absolute Gasteiger partial charge is 0.459 e. The van der Waals surface area contributed by atoms with Gasteiger partial charge in [0.05, 0.1) is 0 Å². The second-order valence-electron chi connectivity index (χ2n) is 3.43. The Hall–Kier alpha value is -1.05. The molecule has 0 heterocycles. The van der Waals surface area contributed by atoms with Gasteiger partial charge in [0.25, 0.3) is 0 Å². The molecular formula is C11H16O2. The predicted octanol–water partition coefficient (Wildman–Crippen LogP) is 2.46. The van der Waals surface area contributed by atoms with Gasteiger partial charge in [0, 0.05) is 6.08 Å². The predicted molar refractivity (Wildman–Crippen MR) is 52.2 cm³/mol. The Kier molecular flexibility index (Phi) is 3.74. The maximum absolute atomic E-state index is 10.9. The van der Waals surface area contributed by atoms with Crippen LogP contribution in [0.3, 0.4) is 0 Å². The van der Waals surface area contributed by atoms with Crippen molar-refractivity contribution >= 4 is 5.97 Å². The van der Waals surface area contributed by atoms with Crippen LogP contribution in [-0.2, 0) is 9.53 Å². The Bertz CT molecular complexity index is 208. The fourth-order valence-electron chi connectivity index (χ4n) is 1.71. The van der Waals surface area contributed by atoms with Crippen molar-refractivity contribution in [1.29, 1.82) is 0 Å². The minimum absolute atomic E-state index is 0.0715. The number of rotatable bonds is 3. The van der Waals surface area contributed by atoms with E-state index in [1.165, 1.54) is 12.5 Å². The fourth-order valence-corrected chi connectivity index (χ4v) is 1.71. The van der Waals surface area contributed by atoms with Gasteiger partial charge in [-0.1, -0.05) is 12.7 Å². The van der Waals surface area contributed by atoms with E-state index < -0.39 is 0 Å². The lowest BCUT2D eigenvalue weighted by molar-refractivity contribution is -0.144. The lowest BCUT2D eigenvalue weighted by atomic mass is 9.87. The summed E-state index contributed by atoms with van der Waals surface area (Å²) in [5.41, 5.74) is 0. The quantitative estimate of drug-likeness (QED) is 0.379. The van der Waals surface area contributed by atoms with Gasteiger partial charge in [-0.15, -0.1) is 6.58 Å². The summed E-state index contributed by atoms with van der Waals surface area (Å²) < 4.78 is 5.17. The molecule has 13 heavy (non-hydrogen) atoms. The molecule has 0 radical (unpaired) electrons. The van der Waals surface area contributed by atoms with E-state index in [1.54, 1.807) is 0 Å². The molecule has 0 amide bonds. The summed E-state index contributed by atoms with van der Waals surface area (Å²) in [5.74, 6) is 0.200. The summed E-state index contributed by atoms with van der Waals surface area (Å²) in [6.45, 7) is 7.13. The van der Waals surface area contributed by atoms with Crippen molar-refractivity contribution in [2.45, 2.75) is 31.8 Å². The monoisotopic (exact) mass is 180 g/mol. The van der Waals surface area contributed by atoms with Gasteiger partial charge in [-0.3, -0.25) is 0 Å². The maximum atomic E-state index is 10.9. The third kappa shape index (κ3) is 3.05. The fraction of sp³-hybridized carbons (Fsp3) is 0.545. The molecule has 1 saturated carbocycles. The van der Waals surface area contributed by atoms with Gasteiger partial charge in [0.15, 0.2) is 0 Å². The molecule has 2 unspecified atom stereocenters. The highest BCUT2D eigenvalue weighted by molar-refractivity contribution is 5.81. The SMILES string of the molecule is C=CC(=O)OC1CCCC(C=C)C1. The zero-order valence-electron chi connectivity index (χ0n) is 7.87. The lowest BCUT2D eigenvalue weighted by Crippen LogP contribution is -2.23. The number of allylic oxidation sites excluding steroid dienone is 1. The molecule has 1 rings (SSSR count). The lowest BCUT2D eigenvalue weighted by Gasteiger charge is -2.26. The number of ether oxygens (including phenoxy) is 1. The molecular weight excluding hydrogens is 164 g/mol. The van der Waals surface area contributed by atoms with Crippen LogP contribution in [0.15, 0.2) is 25.3 Å². The topological polar surface area (TPSA) is 26.3 Å². The van der Waals surface area contributed by atoms with Crippen molar-refractivity contribution < 1.29 is 9.53 Å². The summed E-state index contributed by atoms with van der Waals surface area (Å²) in [6.07, 6.45) is 7.43. The van der Waals surface area contributed by atoms with E-state index >= 15 is 0 Å². The molecule has 0 aromatic heterocycles. The minimum atomic E-state index is -0.310. The van der Waals surface area contributed by atoms with Gasteiger partial charge in [-0.05, 0) is 31.6 Å². The molecule has 1 aliphatic rings. The second-order valence-corrected chi connectivity index (χ2v) is 3.43. The average Bonchev–Trinajstić information content (AvgIpc) is 2.18. The highest BCUT2D eigenvalue weighted by Crippen LogP contribution is 2.26. The summed E-state index contributed by atoms with van der Waals surface area (Å²) >= 11 is 0. The smallest absolute Gasteiger partial charge is 0.330 e. The first kappa shape index (κ1) is 10.0. The van der Waals surface area contributed by atoms with Gasteiger partial charge in [-0.2, -0.15) is 0 Å². The van der Waals surface area contributed by atoms with Gasteiger partial charge in [-0.25, -0.2) is 4.79 Å². The zero-order valence-corrected chi connectivity index (χ0v) is 7.87. The number of carbonyl (C=O) groups excluding carboxylic acids is 1. The highest BCUT2D eigenvalue weighted by Gasteiger charge is 2.21. The molecule has 72 valence electrons. The van der Waals surface area contributed by atoms with Crippen LogP contribution >= 0.6 is 0 Å². The number of hydrogen-bond acceptors (Lipinski definition) is 2. The van der Waals surface area contributed by atoms with E-state index in [9.17, 15) is 4.79 Å². The van der Waals surface area contributed by atoms with E-state index in [-0.39, 0.29) is 12.1 Å². The first-order valence-electron chi connectivity index (χ1n) is 4.72. The normalized spacial score (nSPS) is 27.7. The molecule has 1 fully saturated rings. The van der Waals surface area contributed by atoms with Crippen molar-refractivity contribution in [2.24, 2.45) is 5.92 Å². The molecule has 2 heteroatoms. The van der Waals surface area contributed by atoms with Gasteiger partial charge >= 0.3 is 5.97 Å². The molecule has 0 aromatic rings. The Morgan fingerprint density at radius 1 is 1.38 bits per heavy atom. The Labute approximate surface area is 79.3 Å². The molecule has 0 aliphatic heterocycles. The molecule has 0 saturated heterocycles. The third-order valence-electron chi connectivity index (χ3n) is 2.45. The van der Waals surface area contributed by atoms with Gasteiger partial charge in [0.1, 0.15) is 6.10 Å². The van der Waals surface area contributed by atoms with Crippen molar-refractivity contribution in [3.05, 3.63) is 25.3 Å². The zero-order chi connectivity index (χ0) is 9.68. The van der Waals surface area contributed by atoms with Crippen LogP contribution in [-0.4, -0.2) is 12.1 Å². The summed E-state index contributed by atoms with van der Waals surface area (Å²) in [5, 5.41) is 0. The van der Waals surface area contributed by atoms with Crippen LogP contribution in [0.5, 0.6) is 0 Å². The van der Waals surface area contributed by atoms with E-state index in [0.29, 0.717) is 5.92 Å². The number of hydrogen-bond donors (Lipinski definition) is 0. The van der Waals surface area contributed by atoms with Crippen molar-refractivity contribution in [3.8, 4) is 0 Å². The Balaban J connectivity index is 2.37. The third-order valence-corrected chi connectivity index (χ3v) is 2.45. The van der Waals surface area contributed by atoms with Crippen LogP contribution in [0.2, 0.25) is 0 Å². The minimum Gasteiger partial charge on any atom is -0.459 e.